The fourth-order valence-electron chi connectivity index (χ4n) is 3.64. The first-order chi connectivity index (χ1) is 14.5. The first-order valence-corrected chi connectivity index (χ1v) is 10.4. The summed E-state index contributed by atoms with van der Waals surface area (Å²) in [5.74, 6) is -1.34. The fourth-order valence-corrected chi connectivity index (χ4v) is 3.64. The van der Waals surface area contributed by atoms with Gasteiger partial charge in [-0.05, 0) is 30.7 Å². The third-order valence-electron chi connectivity index (χ3n) is 5.33. The normalized spacial score (nSPS) is 14.5. The first-order valence-electron chi connectivity index (χ1n) is 10.4. The van der Waals surface area contributed by atoms with Crippen molar-refractivity contribution in [3.05, 3.63) is 59.4 Å². The predicted molar refractivity (Wildman–Crippen MR) is 115 cm³/mol. The van der Waals surface area contributed by atoms with Crippen molar-refractivity contribution in [1.82, 2.24) is 4.90 Å². The summed E-state index contributed by atoms with van der Waals surface area (Å²) in [5.41, 5.74) is 1.97. The number of hydrogen-bond donors (Lipinski definition) is 2. The molecular formula is C23H28FN3O3. The SMILES string of the molecule is CCCCC(=O)Nc1ccc(N2CCN(Cc3ccccc3F)CC2)c(C(=O)O)c1. The Kier molecular flexibility index (Phi) is 7.41. The van der Waals surface area contributed by atoms with Gasteiger partial charge in [-0.3, -0.25) is 9.69 Å². The highest BCUT2D eigenvalue weighted by Crippen LogP contribution is 2.26. The second-order valence-electron chi connectivity index (χ2n) is 7.54. The van der Waals surface area contributed by atoms with Crippen LogP contribution in [0.1, 0.15) is 42.1 Å². The molecule has 1 heterocycles. The van der Waals surface area contributed by atoms with Crippen LogP contribution in [-0.2, 0) is 11.3 Å². The van der Waals surface area contributed by atoms with Crippen molar-refractivity contribution < 1.29 is 19.1 Å². The molecule has 7 heteroatoms. The van der Waals surface area contributed by atoms with Crippen LogP contribution >= 0.6 is 0 Å². The van der Waals surface area contributed by atoms with Gasteiger partial charge in [0.05, 0.1) is 11.3 Å². The summed E-state index contributed by atoms with van der Waals surface area (Å²) in [6.45, 7) is 5.27. The molecule has 0 aromatic heterocycles. The Morgan fingerprint density at radius 2 is 1.83 bits per heavy atom. The molecule has 0 saturated carbocycles. The molecule has 2 N–H and O–H groups in total. The summed E-state index contributed by atoms with van der Waals surface area (Å²) in [7, 11) is 0. The number of hydrogen-bond acceptors (Lipinski definition) is 4. The first kappa shape index (κ1) is 21.8. The minimum atomic E-state index is -1.02. The quantitative estimate of drug-likeness (QED) is 0.685. The largest absolute Gasteiger partial charge is 0.478 e. The van der Waals surface area contributed by atoms with E-state index in [0.29, 0.717) is 56.1 Å². The van der Waals surface area contributed by atoms with Gasteiger partial charge in [0.1, 0.15) is 5.82 Å². The molecular weight excluding hydrogens is 385 g/mol. The topological polar surface area (TPSA) is 72.9 Å². The Balaban J connectivity index is 1.65. The standard InChI is InChI=1S/C23H28FN3O3/c1-2-3-8-22(28)25-18-9-10-21(19(15-18)23(29)30)27-13-11-26(12-14-27)16-17-6-4-5-7-20(17)24/h4-7,9-10,15H,2-3,8,11-14,16H2,1H3,(H,25,28)(H,29,30). The molecule has 2 aromatic rings. The zero-order chi connectivity index (χ0) is 21.5. The summed E-state index contributed by atoms with van der Waals surface area (Å²) >= 11 is 0. The van der Waals surface area contributed by atoms with Gasteiger partial charge in [0.25, 0.3) is 0 Å². The van der Waals surface area contributed by atoms with Crippen LogP contribution in [0.5, 0.6) is 0 Å². The van der Waals surface area contributed by atoms with Crippen LogP contribution in [0.25, 0.3) is 0 Å². The van der Waals surface area contributed by atoms with Crippen LogP contribution in [0.4, 0.5) is 15.8 Å². The predicted octanol–water partition coefficient (Wildman–Crippen LogP) is 3.97. The number of amides is 1. The second-order valence-corrected chi connectivity index (χ2v) is 7.54. The molecule has 0 unspecified atom stereocenters. The van der Waals surface area contributed by atoms with Crippen molar-refractivity contribution in [3.63, 3.8) is 0 Å². The smallest absolute Gasteiger partial charge is 0.337 e. The minimum Gasteiger partial charge on any atom is -0.478 e. The van der Waals surface area contributed by atoms with Gasteiger partial charge in [0.15, 0.2) is 0 Å². The Morgan fingerprint density at radius 3 is 2.50 bits per heavy atom. The zero-order valence-electron chi connectivity index (χ0n) is 17.2. The molecule has 0 aliphatic carbocycles. The van der Waals surface area contributed by atoms with Gasteiger partial charge in [-0.1, -0.05) is 31.5 Å². The Labute approximate surface area is 176 Å². The average Bonchev–Trinajstić information content (AvgIpc) is 2.74. The van der Waals surface area contributed by atoms with Gasteiger partial charge in [-0.15, -0.1) is 0 Å². The van der Waals surface area contributed by atoms with Crippen molar-refractivity contribution in [2.75, 3.05) is 36.4 Å². The Morgan fingerprint density at radius 1 is 1.10 bits per heavy atom. The average molecular weight is 413 g/mol. The van der Waals surface area contributed by atoms with Gasteiger partial charge in [-0.2, -0.15) is 0 Å². The van der Waals surface area contributed by atoms with Crippen LogP contribution in [0.2, 0.25) is 0 Å². The fraction of sp³-hybridized carbons (Fsp3) is 0.391. The van der Waals surface area contributed by atoms with E-state index in [4.69, 9.17) is 0 Å². The summed E-state index contributed by atoms with van der Waals surface area (Å²) in [4.78, 5) is 28.0. The number of rotatable bonds is 8. The van der Waals surface area contributed by atoms with E-state index in [-0.39, 0.29) is 17.3 Å². The van der Waals surface area contributed by atoms with Crippen molar-refractivity contribution in [3.8, 4) is 0 Å². The molecule has 1 aliphatic heterocycles. The van der Waals surface area contributed by atoms with Crippen LogP contribution in [-0.4, -0.2) is 48.1 Å². The number of carbonyl (C=O) groups is 2. The molecule has 30 heavy (non-hydrogen) atoms. The minimum absolute atomic E-state index is 0.109. The van der Waals surface area contributed by atoms with E-state index in [9.17, 15) is 19.1 Å². The molecule has 0 atom stereocenters. The lowest BCUT2D eigenvalue weighted by molar-refractivity contribution is -0.116. The molecule has 1 amide bonds. The number of aromatic carboxylic acids is 1. The molecule has 1 fully saturated rings. The summed E-state index contributed by atoms with van der Waals surface area (Å²) in [6.07, 6.45) is 2.15. The maximum absolute atomic E-state index is 13.9. The molecule has 0 spiro atoms. The third-order valence-corrected chi connectivity index (χ3v) is 5.33. The summed E-state index contributed by atoms with van der Waals surface area (Å²) < 4.78 is 13.9. The number of carboxylic acid groups (broad SMARTS) is 1. The van der Waals surface area contributed by atoms with Crippen LogP contribution in [0.3, 0.4) is 0 Å². The van der Waals surface area contributed by atoms with E-state index >= 15 is 0 Å². The van der Waals surface area contributed by atoms with E-state index in [2.05, 4.69) is 10.2 Å². The summed E-state index contributed by atoms with van der Waals surface area (Å²) in [5, 5.41) is 12.5. The zero-order valence-corrected chi connectivity index (χ0v) is 17.2. The van der Waals surface area contributed by atoms with Crippen molar-refractivity contribution in [2.24, 2.45) is 0 Å². The number of carboxylic acids is 1. The maximum atomic E-state index is 13.9. The highest BCUT2D eigenvalue weighted by Gasteiger charge is 2.22. The lowest BCUT2D eigenvalue weighted by Gasteiger charge is -2.36. The van der Waals surface area contributed by atoms with Crippen LogP contribution in [0, 0.1) is 5.82 Å². The number of carbonyl (C=O) groups excluding carboxylic acids is 1. The maximum Gasteiger partial charge on any atom is 0.337 e. The van der Waals surface area contributed by atoms with Crippen molar-refractivity contribution in [1.29, 1.82) is 0 Å². The van der Waals surface area contributed by atoms with Gasteiger partial charge >= 0.3 is 5.97 Å². The molecule has 6 nitrogen and oxygen atoms in total. The van der Waals surface area contributed by atoms with E-state index in [1.165, 1.54) is 12.1 Å². The van der Waals surface area contributed by atoms with Gasteiger partial charge < -0.3 is 15.3 Å². The van der Waals surface area contributed by atoms with E-state index in [1.807, 2.05) is 17.9 Å². The number of unbranched alkanes of at least 4 members (excludes halogenated alkanes) is 1. The van der Waals surface area contributed by atoms with E-state index < -0.39 is 5.97 Å². The Hall–Kier alpha value is -2.93. The molecule has 160 valence electrons. The van der Waals surface area contributed by atoms with Crippen LogP contribution < -0.4 is 10.2 Å². The number of halogens is 1. The lowest BCUT2D eigenvalue weighted by atomic mass is 10.1. The number of nitrogens with zero attached hydrogens (tertiary/aromatic N) is 2. The van der Waals surface area contributed by atoms with Crippen molar-refractivity contribution in [2.45, 2.75) is 32.7 Å². The number of piperazine rings is 1. The van der Waals surface area contributed by atoms with E-state index in [0.717, 1.165) is 12.8 Å². The van der Waals surface area contributed by atoms with Gasteiger partial charge in [0.2, 0.25) is 5.91 Å². The molecule has 2 aromatic carbocycles. The highest BCUT2D eigenvalue weighted by molar-refractivity contribution is 5.98. The summed E-state index contributed by atoms with van der Waals surface area (Å²) in [6, 6.07) is 11.8. The molecule has 0 bridgehead atoms. The number of anilines is 2. The Bertz CT molecular complexity index is 895. The lowest BCUT2D eigenvalue weighted by Crippen LogP contribution is -2.46. The molecule has 1 aliphatic rings. The number of benzene rings is 2. The van der Waals surface area contributed by atoms with E-state index in [1.54, 1.807) is 24.3 Å². The molecule has 1 saturated heterocycles. The molecule has 3 rings (SSSR count). The van der Waals surface area contributed by atoms with Gasteiger partial charge in [-0.25, -0.2) is 9.18 Å². The monoisotopic (exact) mass is 413 g/mol. The number of nitrogens with one attached hydrogen (secondary N) is 1. The molecule has 0 radical (unpaired) electrons. The van der Waals surface area contributed by atoms with Crippen LogP contribution in [0.15, 0.2) is 42.5 Å². The second kappa shape index (κ2) is 10.2. The van der Waals surface area contributed by atoms with Crippen molar-refractivity contribution >= 4 is 23.3 Å². The third kappa shape index (κ3) is 5.57. The van der Waals surface area contributed by atoms with Gasteiger partial charge in [0, 0.05) is 50.4 Å². The highest BCUT2D eigenvalue weighted by atomic mass is 19.1.